The zero-order valence-electron chi connectivity index (χ0n) is 41.0. The van der Waals surface area contributed by atoms with E-state index in [1.54, 1.807) is 36.9 Å². The third-order valence-electron chi connectivity index (χ3n) is 15.6. The molecular formula is C54H64N11O4+. The maximum atomic E-state index is 13.7. The van der Waals surface area contributed by atoms with Crippen molar-refractivity contribution in [2.45, 2.75) is 91.5 Å². The van der Waals surface area contributed by atoms with E-state index in [1.165, 1.54) is 5.69 Å². The lowest BCUT2D eigenvalue weighted by molar-refractivity contribution is -0.572. The zero-order valence-corrected chi connectivity index (χ0v) is 41.0. The number of benzene rings is 2. The summed E-state index contributed by atoms with van der Waals surface area (Å²) in [6.45, 7) is 16.6. The second-order valence-corrected chi connectivity index (χ2v) is 20.8. The minimum absolute atomic E-state index is 0.0847. The molecule has 3 aliphatic heterocycles. The summed E-state index contributed by atoms with van der Waals surface area (Å²) in [6, 6.07) is 22.0. The van der Waals surface area contributed by atoms with Gasteiger partial charge in [0.2, 0.25) is 5.91 Å². The molecule has 1 N–H and O–H groups in total. The number of hydrogen-bond acceptors (Lipinski definition) is 10. The number of amides is 2. The topological polar surface area (TPSA) is 151 Å². The van der Waals surface area contributed by atoms with Gasteiger partial charge in [-0.2, -0.15) is 19.6 Å². The van der Waals surface area contributed by atoms with Crippen LogP contribution < -0.4 is 24.3 Å². The van der Waals surface area contributed by atoms with Crippen molar-refractivity contribution in [3.63, 3.8) is 0 Å². The number of carbonyl (C=O) groups is 2. The normalized spacial score (nSPS) is 20.5. The third kappa shape index (κ3) is 8.68. The van der Waals surface area contributed by atoms with E-state index in [9.17, 15) is 14.9 Å². The Morgan fingerprint density at radius 1 is 0.942 bits per heavy atom. The molecule has 0 spiro atoms. The van der Waals surface area contributed by atoms with E-state index in [2.05, 4.69) is 99.8 Å². The van der Waals surface area contributed by atoms with Gasteiger partial charge < -0.3 is 29.5 Å². The van der Waals surface area contributed by atoms with Gasteiger partial charge in [0.05, 0.1) is 65.9 Å². The van der Waals surface area contributed by atoms with Crippen LogP contribution in [0.25, 0.3) is 28.0 Å². The Bertz CT molecular complexity index is 2920. The predicted octanol–water partition coefficient (Wildman–Crippen LogP) is 7.06. The molecule has 0 atom stereocenters. The highest BCUT2D eigenvalue weighted by Crippen LogP contribution is 2.55. The molecule has 0 radical (unpaired) electrons. The summed E-state index contributed by atoms with van der Waals surface area (Å²) in [5, 5.41) is 23.5. The monoisotopic (exact) mass is 931 g/mol. The average molecular weight is 931 g/mol. The van der Waals surface area contributed by atoms with Crippen LogP contribution in [0.1, 0.15) is 93.5 Å². The molecule has 4 aromatic heterocycles. The molecule has 10 rings (SSSR count). The maximum absolute atomic E-state index is 13.7. The lowest BCUT2D eigenvalue weighted by Crippen LogP contribution is -2.74. The molecule has 15 nitrogen and oxygen atoms in total. The number of likely N-dealkylation sites (tertiary alicyclic amines) is 1. The Morgan fingerprint density at radius 2 is 1.70 bits per heavy atom. The zero-order chi connectivity index (χ0) is 48.2. The minimum atomic E-state index is -0.339. The molecule has 1 saturated carbocycles. The highest BCUT2D eigenvalue weighted by molar-refractivity contribution is 5.95. The van der Waals surface area contributed by atoms with Crippen molar-refractivity contribution in [1.29, 1.82) is 5.26 Å². The molecular weight excluding hydrogens is 867 g/mol. The smallest absolute Gasteiger partial charge is 0.360 e. The van der Waals surface area contributed by atoms with Crippen LogP contribution in [0.5, 0.6) is 11.5 Å². The summed E-state index contributed by atoms with van der Waals surface area (Å²) in [5.41, 5.74) is 6.78. The molecule has 358 valence electrons. The van der Waals surface area contributed by atoms with Crippen LogP contribution in [-0.4, -0.2) is 105 Å². The summed E-state index contributed by atoms with van der Waals surface area (Å²) in [5.74, 6) is 2.65. The number of rotatable bonds is 11. The third-order valence-corrected chi connectivity index (χ3v) is 15.6. The van der Waals surface area contributed by atoms with Crippen molar-refractivity contribution in [3.8, 4) is 34.6 Å². The van der Waals surface area contributed by atoms with Crippen molar-refractivity contribution in [1.82, 2.24) is 39.7 Å². The summed E-state index contributed by atoms with van der Waals surface area (Å²) < 4.78 is 18.1. The number of anilines is 1. The van der Waals surface area contributed by atoms with Crippen molar-refractivity contribution < 1.29 is 23.6 Å². The molecule has 15 heteroatoms. The lowest BCUT2D eigenvalue weighted by atomic mass is 9.49. The highest BCUT2D eigenvalue weighted by atomic mass is 16.5. The molecule has 4 aliphatic rings. The molecule has 69 heavy (non-hydrogen) atoms. The predicted molar refractivity (Wildman–Crippen MR) is 263 cm³/mol. The van der Waals surface area contributed by atoms with E-state index in [4.69, 9.17) is 19.6 Å². The SMILES string of the molecule is COc1cc(OC2C(C)(C)C(NC(=O)c3ccc(N4CCC(CN5CCC(n6nc(-[n+]7cccc8cc(-c9cnn(C)c9)ncc87)c7c6CCN(C(C)=O)C7)CC5)CC4)cc3)C2(C)C)ccc1C#N. The van der Waals surface area contributed by atoms with E-state index in [0.717, 1.165) is 104 Å². The van der Waals surface area contributed by atoms with Gasteiger partial charge in [0.25, 0.3) is 5.91 Å². The fraction of sp³-hybridized carbons (Fsp3) is 0.463. The van der Waals surface area contributed by atoms with Crippen LogP contribution >= 0.6 is 0 Å². The van der Waals surface area contributed by atoms with Crippen LogP contribution in [0.15, 0.2) is 85.5 Å². The number of ether oxygens (including phenoxy) is 2. The van der Waals surface area contributed by atoms with Gasteiger partial charge in [-0.15, -0.1) is 0 Å². The van der Waals surface area contributed by atoms with Crippen LogP contribution in [0, 0.1) is 28.1 Å². The lowest BCUT2D eigenvalue weighted by Gasteiger charge is -2.63. The molecule has 1 aliphatic carbocycles. The fourth-order valence-corrected chi connectivity index (χ4v) is 12.1. The van der Waals surface area contributed by atoms with Crippen molar-refractivity contribution in [3.05, 3.63) is 108 Å². The van der Waals surface area contributed by atoms with E-state index in [1.807, 2.05) is 42.7 Å². The summed E-state index contributed by atoms with van der Waals surface area (Å²) in [6.07, 6.45) is 12.8. The van der Waals surface area contributed by atoms with Crippen molar-refractivity contribution >= 4 is 28.4 Å². The first-order chi connectivity index (χ1) is 33.2. The molecule has 2 aromatic carbocycles. The number of nitriles is 1. The Labute approximate surface area is 404 Å². The number of piperidine rings is 2. The van der Waals surface area contributed by atoms with Crippen LogP contribution in [0.4, 0.5) is 5.69 Å². The Morgan fingerprint density at radius 3 is 2.38 bits per heavy atom. The average Bonchev–Trinajstić information content (AvgIpc) is 3.98. The van der Waals surface area contributed by atoms with Gasteiger partial charge in [-0.05, 0) is 86.2 Å². The molecule has 3 fully saturated rings. The minimum Gasteiger partial charge on any atom is -0.495 e. The molecule has 0 unspecified atom stereocenters. The van der Waals surface area contributed by atoms with Gasteiger partial charge in [-0.3, -0.25) is 19.3 Å². The van der Waals surface area contributed by atoms with Gasteiger partial charge in [0.15, 0.2) is 5.52 Å². The number of methoxy groups -OCH3 is 1. The quantitative estimate of drug-likeness (QED) is 0.134. The second-order valence-electron chi connectivity index (χ2n) is 20.8. The Kier molecular flexibility index (Phi) is 12.2. The molecule has 0 bridgehead atoms. The number of fused-ring (bicyclic) bond motifs is 2. The van der Waals surface area contributed by atoms with Crippen LogP contribution in [0.3, 0.4) is 0 Å². The summed E-state index contributed by atoms with van der Waals surface area (Å²) in [4.78, 5) is 38.2. The summed E-state index contributed by atoms with van der Waals surface area (Å²) >= 11 is 0. The number of aromatic nitrogens is 6. The van der Waals surface area contributed by atoms with Gasteiger partial charge >= 0.3 is 5.82 Å². The number of carbonyl (C=O) groups excluding carboxylic acids is 2. The van der Waals surface area contributed by atoms with Gasteiger partial charge in [0, 0.05) is 111 Å². The van der Waals surface area contributed by atoms with Gasteiger partial charge in [0.1, 0.15) is 23.7 Å². The summed E-state index contributed by atoms with van der Waals surface area (Å²) in [7, 11) is 3.46. The number of pyridine rings is 2. The van der Waals surface area contributed by atoms with Gasteiger partial charge in [-0.25, -0.2) is 0 Å². The van der Waals surface area contributed by atoms with E-state index in [-0.39, 0.29) is 34.8 Å². The number of aryl methyl sites for hydroxylation is 1. The molecule has 2 saturated heterocycles. The molecule has 7 heterocycles. The van der Waals surface area contributed by atoms with E-state index in [0.29, 0.717) is 47.7 Å². The van der Waals surface area contributed by atoms with Crippen molar-refractivity contribution in [2.24, 2.45) is 23.8 Å². The number of nitrogens with zero attached hydrogens (tertiary/aromatic N) is 10. The maximum Gasteiger partial charge on any atom is 0.360 e. The second kappa shape index (κ2) is 18.3. The number of hydrogen-bond donors (Lipinski definition) is 1. The first-order valence-corrected chi connectivity index (χ1v) is 24.5. The highest BCUT2D eigenvalue weighted by Gasteiger charge is 2.64. The van der Waals surface area contributed by atoms with E-state index < -0.39 is 0 Å². The standard InChI is InChI=1S/C54H63N11O4/c1-35(66)63-26-20-46-44(34-63)49(64-21-8-9-38-27-45(56-31-47(38)64)40-30-57-60(6)33-40)59-65(46)42-18-22-61(23-19-42)32-36-16-24-62(25-17-36)41-13-10-37(11-14-41)50(67)58-51-53(2,3)52(54(51,4)5)69-43-15-12-39(29-55)48(28-43)68-7/h8-15,21,27-28,30-31,33,36,42,51-52H,16-20,22-26,32,34H2,1-7H3/p+1. The fourth-order valence-electron chi connectivity index (χ4n) is 12.1. The first kappa shape index (κ1) is 46.0. The van der Waals surface area contributed by atoms with Crippen LogP contribution in [0.2, 0.25) is 0 Å². The van der Waals surface area contributed by atoms with Gasteiger partial charge in [-0.1, -0.05) is 27.7 Å². The Balaban J connectivity index is 0.735. The van der Waals surface area contributed by atoms with Crippen LogP contribution in [-0.2, 0) is 24.8 Å². The number of nitrogens with one attached hydrogen (secondary N) is 1. The first-order valence-electron chi connectivity index (χ1n) is 24.5. The molecule has 6 aromatic rings. The molecule has 2 amide bonds. The van der Waals surface area contributed by atoms with Crippen molar-refractivity contribution in [2.75, 3.05) is 51.3 Å². The largest absolute Gasteiger partial charge is 0.495 e. The Hall–Kier alpha value is -6.79. The van der Waals surface area contributed by atoms with E-state index >= 15 is 0 Å².